The van der Waals surface area contributed by atoms with Crippen molar-refractivity contribution in [2.45, 2.75) is 17.9 Å². The summed E-state index contributed by atoms with van der Waals surface area (Å²) in [7, 11) is -2.31. The van der Waals surface area contributed by atoms with E-state index in [1.807, 2.05) is 30.3 Å². The molecule has 7 nitrogen and oxygen atoms in total. The van der Waals surface area contributed by atoms with Crippen LogP contribution in [0.15, 0.2) is 57.8 Å². The SMILES string of the molecule is CC(c1cc2ccccc2o1)N(C)S(=O)(=O)c1ccc2c(c1)NC(=O)CO2. The molecule has 140 valence electrons. The number of ether oxygens (including phenoxy) is 1. The van der Waals surface area contributed by atoms with Gasteiger partial charge < -0.3 is 14.5 Å². The molecule has 4 rings (SSSR count). The third-order valence-corrected chi connectivity index (χ3v) is 6.59. The lowest BCUT2D eigenvalue weighted by atomic mass is 10.2. The highest BCUT2D eigenvalue weighted by atomic mass is 32.2. The van der Waals surface area contributed by atoms with Crippen LogP contribution in [0.2, 0.25) is 0 Å². The molecular weight excluding hydrogens is 368 g/mol. The number of hydrogen-bond donors (Lipinski definition) is 1. The van der Waals surface area contributed by atoms with Crippen molar-refractivity contribution in [3.05, 3.63) is 54.3 Å². The summed E-state index contributed by atoms with van der Waals surface area (Å²) in [6.45, 7) is 1.68. The number of fused-ring (bicyclic) bond motifs is 2. The maximum absolute atomic E-state index is 13.1. The van der Waals surface area contributed by atoms with Gasteiger partial charge in [-0.05, 0) is 37.3 Å². The van der Waals surface area contributed by atoms with Crippen molar-refractivity contribution >= 4 is 32.6 Å². The first kappa shape index (κ1) is 17.6. The van der Waals surface area contributed by atoms with Crippen LogP contribution in [0.3, 0.4) is 0 Å². The summed E-state index contributed by atoms with van der Waals surface area (Å²) in [4.78, 5) is 11.6. The van der Waals surface area contributed by atoms with Crippen LogP contribution < -0.4 is 10.1 Å². The molecule has 0 saturated carbocycles. The van der Waals surface area contributed by atoms with E-state index in [0.29, 0.717) is 22.8 Å². The van der Waals surface area contributed by atoms with E-state index < -0.39 is 16.1 Å². The molecular formula is C19H18N2O5S. The van der Waals surface area contributed by atoms with E-state index in [4.69, 9.17) is 9.15 Å². The second-order valence-corrected chi connectivity index (χ2v) is 8.38. The zero-order valence-corrected chi connectivity index (χ0v) is 15.6. The molecule has 3 aromatic rings. The van der Waals surface area contributed by atoms with E-state index >= 15 is 0 Å². The molecule has 1 atom stereocenters. The van der Waals surface area contributed by atoms with Gasteiger partial charge in [0.1, 0.15) is 17.1 Å². The van der Waals surface area contributed by atoms with Crippen LogP contribution in [-0.4, -0.2) is 32.3 Å². The van der Waals surface area contributed by atoms with E-state index in [9.17, 15) is 13.2 Å². The van der Waals surface area contributed by atoms with Crippen LogP contribution in [0.5, 0.6) is 5.75 Å². The molecule has 0 aliphatic carbocycles. The van der Waals surface area contributed by atoms with Crippen molar-refractivity contribution in [1.29, 1.82) is 0 Å². The molecule has 8 heteroatoms. The minimum Gasteiger partial charge on any atom is -0.482 e. The summed E-state index contributed by atoms with van der Waals surface area (Å²) < 4.78 is 38.5. The molecule has 1 aliphatic heterocycles. The van der Waals surface area contributed by atoms with Crippen LogP contribution in [0.4, 0.5) is 5.69 Å². The fourth-order valence-corrected chi connectivity index (χ4v) is 4.34. The molecule has 0 saturated heterocycles. The van der Waals surface area contributed by atoms with Gasteiger partial charge in [0.25, 0.3) is 5.91 Å². The molecule has 2 aromatic carbocycles. The molecule has 0 bridgehead atoms. The van der Waals surface area contributed by atoms with Crippen molar-refractivity contribution in [1.82, 2.24) is 4.31 Å². The number of carbonyl (C=O) groups is 1. The van der Waals surface area contributed by atoms with Crippen LogP contribution >= 0.6 is 0 Å². The molecule has 2 heterocycles. The van der Waals surface area contributed by atoms with E-state index in [2.05, 4.69) is 5.32 Å². The third kappa shape index (κ3) is 3.07. The third-order valence-electron chi connectivity index (χ3n) is 4.66. The monoisotopic (exact) mass is 386 g/mol. The van der Waals surface area contributed by atoms with Crippen molar-refractivity contribution in [2.24, 2.45) is 0 Å². The molecule has 0 fully saturated rings. The Labute approximate surface area is 156 Å². The number of rotatable bonds is 4. The van der Waals surface area contributed by atoms with Gasteiger partial charge in [0.05, 0.1) is 16.6 Å². The predicted molar refractivity (Wildman–Crippen MR) is 100 cm³/mol. The van der Waals surface area contributed by atoms with Crippen molar-refractivity contribution in [3.63, 3.8) is 0 Å². The number of furan rings is 1. The van der Waals surface area contributed by atoms with E-state index in [0.717, 1.165) is 5.39 Å². The number of para-hydroxylation sites is 1. The van der Waals surface area contributed by atoms with E-state index in [-0.39, 0.29) is 17.4 Å². The van der Waals surface area contributed by atoms with Crippen LogP contribution in [0, 0.1) is 0 Å². The van der Waals surface area contributed by atoms with Crippen LogP contribution in [0.1, 0.15) is 18.7 Å². The number of nitrogens with zero attached hydrogens (tertiary/aromatic N) is 1. The molecule has 1 aliphatic rings. The summed E-state index contributed by atoms with van der Waals surface area (Å²) >= 11 is 0. The standard InChI is InChI=1S/C19H18N2O5S/c1-12(18-9-13-5-3-4-6-16(13)26-18)21(2)27(23,24)14-7-8-17-15(10-14)20-19(22)11-25-17/h3-10,12H,11H2,1-2H3,(H,20,22). The first-order chi connectivity index (χ1) is 12.9. The van der Waals surface area contributed by atoms with E-state index in [1.165, 1.54) is 23.5 Å². The number of sulfonamides is 1. The van der Waals surface area contributed by atoms with Crippen LogP contribution in [0.25, 0.3) is 11.0 Å². The number of nitrogens with one attached hydrogen (secondary N) is 1. The highest BCUT2D eigenvalue weighted by Crippen LogP contribution is 2.34. The lowest BCUT2D eigenvalue weighted by Gasteiger charge is -2.24. The van der Waals surface area contributed by atoms with Gasteiger partial charge in [0.15, 0.2) is 6.61 Å². The largest absolute Gasteiger partial charge is 0.482 e. The fraction of sp³-hybridized carbons (Fsp3) is 0.211. The molecule has 0 radical (unpaired) electrons. The number of amides is 1. The second-order valence-electron chi connectivity index (χ2n) is 6.38. The maximum atomic E-state index is 13.1. The Morgan fingerprint density at radius 1 is 1.15 bits per heavy atom. The zero-order chi connectivity index (χ0) is 19.2. The summed E-state index contributed by atoms with van der Waals surface area (Å²) in [5.41, 5.74) is 1.05. The minimum absolute atomic E-state index is 0.0671. The van der Waals surface area contributed by atoms with Gasteiger partial charge in [0, 0.05) is 12.4 Å². The summed E-state index contributed by atoms with van der Waals surface area (Å²) in [6, 6.07) is 13.3. The molecule has 1 aromatic heterocycles. The molecule has 1 N–H and O–H groups in total. The Morgan fingerprint density at radius 2 is 1.93 bits per heavy atom. The number of benzene rings is 2. The normalized spacial score (nSPS) is 15.3. The average molecular weight is 386 g/mol. The van der Waals surface area contributed by atoms with Crippen LogP contribution in [-0.2, 0) is 14.8 Å². The van der Waals surface area contributed by atoms with Gasteiger partial charge in [-0.1, -0.05) is 18.2 Å². The average Bonchev–Trinajstić information content (AvgIpc) is 3.10. The molecule has 1 amide bonds. The topological polar surface area (TPSA) is 88.9 Å². The Hall–Kier alpha value is -2.84. The maximum Gasteiger partial charge on any atom is 0.262 e. The highest BCUT2D eigenvalue weighted by molar-refractivity contribution is 7.89. The number of carbonyl (C=O) groups excluding carboxylic acids is 1. The van der Waals surface area contributed by atoms with Crippen molar-refractivity contribution < 1.29 is 22.4 Å². The quantitative estimate of drug-likeness (QED) is 0.744. The first-order valence-corrected chi connectivity index (χ1v) is 9.83. The number of hydrogen-bond acceptors (Lipinski definition) is 5. The second kappa shape index (κ2) is 6.40. The first-order valence-electron chi connectivity index (χ1n) is 8.39. The fourth-order valence-electron chi connectivity index (χ4n) is 2.98. The zero-order valence-electron chi connectivity index (χ0n) is 14.8. The predicted octanol–water partition coefficient (Wildman–Crippen LogP) is 3.15. The minimum atomic E-state index is -3.81. The van der Waals surface area contributed by atoms with E-state index in [1.54, 1.807) is 13.0 Å². The summed E-state index contributed by atoms with van der Waals surface area (Å²) in [5.74, 6) is 0.680. The smallest absolute Gasteiger partial charge is 0.262 e. The lowest BCUT2D eigenvalue weighted by molar-refractivity contribution is -0.118. The Kier molecular flexibility index (Phi) is 4.16. The molecule has 27 heavy (non-hydrogen) atoms. The van der Waals surface area contributed by atoms with Gasteiger partial charge in [-0.3, -0.25) is 4.79 Å². The van der Waals surface area contributed by atoms with Crippen molar-refractivity contribution in [3.8, 4) is 5.75 Å². The number of anilines is 1. The highest BCUT2D eigenvalue weighted by Gasteiger charge is 2.29. The van der Waals surface area contributed by atoms with Gasteiger partial charge in [0.2, 0.25) is 10.0 Å². The van der Waals surface area contributed by atoms with Gasteiger partial charge in [-0.25, -0.2) is 8.42 Å². The Bertz CT molecular complexity index is 1100. The van der Waals surface area contributed by atoms with Gasteiger partial charge in [-0.2, -0.15) is 4.31 Å². The molecule has 0 spiro atoms. The van der Waals surface area contributed by atoms with Gasteiger partial charge in [-0.15, -0.1) is 0 Å². The Balaban J connectivity index is 1.66. The lowest BCUT2D eigenvalue weighted by Crippen LogP contribution is -2.30. The summed E-state index contributed by atoms with van der Waals surface area (Å²) in [6.07, 6.45) is 0. The molecule has 1 unspecified atom stereocenters. The Morgan fingerprint density at radius 3 is 2.70 bits per heavy atom. The van der Waals surface area contributed by atoms with Gasteiger partial charge >= 0.3 is 0 Å². The summed E-state index contributed by atoms with van der Waals surface area (Å²) in [5, 5.41) is 3.54. The van der Waals surface area contributed by atoms with Crippen molar-refractivity contribution in [2.75, 3.05) is 19.0 Å².